The van der Waals surface area contributed by atoms with Crippen LogP contribution in [0.1, 0.15) is 5.56 Å². The third-order valence-electron chi connectivity index (χ3n) is 3.25. The Kier molecular flexibility index (Phi) is 4.67. The highest BCUT2D eigenvalue weighted by Crippen LogP contribution is 2.34. The molecular weight excluding hydrogens is 290 g/mol. The van der Waals surface area contributed by atoms with Crippen LogP contribution in [-0.4, -0.2) is 44.6 Å². The molecule has 0 amide bonds. The van der Waals surface area contributed by atoms with Crippen LogP contribution in [0.3, 0.4) is 0 Å². The van der Waals surface area contributed by atoms with Crippen molar-refractivity contribution < 1.29 is 28.9 Å². The van der Waals surface area contributed by atoms with E-state index in [1.807, 2.05) is 6.92 Å². The van der Waals surface area contributed by atoms with Crippen LogP contribution in [0.5, 0.6) is 5.75 Å². The number of esters is 2. The van der Waals surface area contributed by atoms with Crippen molar-refractivity contribution in [3.05, 3.63) is 35.0 Å². The second-order valence-corrected chi connectivity index (χ2v) is 4.71. The summed E-state index contributed by atoms with van der Waals surface area (Å²) in [6, 6.07) is 4.92. The van der Waals surface area contributed by atoms with Crippen LogP contribution in [0.25, 0.3) is 0 Å². The highest BCUT2D eigenvalue weighted by molar-refractivity contribution is 6.03. The topological polar surface area (TPSA) is 85.3 Å². The lowest BCUT2D eigenvalue weighted by Gasteiger charge is -2.31. The first-order valence-corrected chi connectivity index (χ1v) is 6.54. The summed E-state index contributed by atoms with van der Waals surface area (Å²) < 4.78 is 14.8. The number of rotatable bonds is 3. The van der Waals surface area contributed by atoms with Crippen LogP contribution < -0.4 is 4.90 Å². The first-order chi connectivity index (χ1) is 10.5. The number of aromatic hydroxyl groups is 1. The number of anilines is 1. The van der Waals surface area contributed by atoms with E-state index in [9.17, 15) is 14.7 Å². The molecule has 0 aliphatic carbocycles. The molecule has 1 aliphatic rings. The number of carbonyl (C=O) groups excluding carboxylic acids is 2. The van der Waals surface area contributed by atoms with E-state index in [4.69, 9.17) is 9.47 Å². The number of carbonyl (C=O) groups is 2. The Hall–Kier alpha value is -2.54. The van der Waals surface area contributed by atoms with Gasteiger partial charge in [0.15, 0.2) is 0 Å². The Morgan fingerprint density at radius 1 is 1.23 bits per heavy atom. The van der Waals surface area contributed by atoms with Crippen molar-refractivity contribution in [1.82, 2.24) is 0 Å². The van der Waals surface area contributed by atoms with E-state index >= 15 is 0 Å². The highest BCUT2D eigenvalue weighted by atomic mass is 16.5. The minimum atomic E-state index is -0.704. The number of methoxy groups -OCH3 is 2. The second-order valence-electron chi connectivity index (χ2n) is 4.71. The van der Waals surface area contributed by atoms with Crippen LogP contribution >= 0.6 is 0 Å². The molecule has 22 heavy (non-hydrogen) atoms. The van der Waals surface area contributed by atoms with Crippen LogP contribution in [-0.2, 0) is 23.8 Å². The van der Waals surface area contributed by atoms with E-state index in [2.05, 4.69) is 4.74 Å². The molecule has 1 aromatic carbocycles. The lowest BCUT2D eigenvalue weighted by Crippen LogP contribution is -2.38. The Morgan fingerprint density at radius 2 is 1.91 bits per heavy atom. The number of phenols is 1. The molecule has 0 aromatic heterocycles. The lowest BCUT2D eigenvalue weighted by molar-refractivity contribution is -0.140. The summed E-state index contributed by atoms with van der Waals surface area (Å²) in [5.41, 5.74) is 1.27. The molecule has 1 aliphatic heterocycles. The fourth-order valence-electron chi connectivity index (χ4n) is 2.18. The summed E-state index contributed by atoms with van der Waals surface area (Å²) >= 11 is 0. The Balaban J connectivity index is 2.60. The molecule has 0 spiro atoms. The zero-order chi connectivity index (χ0) is 16.3. The molecule has 1 aromatic rings. The second kappa shape index (κ2) is 6.48. The zero-order valence-corrected chi connectivity index (χ0v) is 12.6. The summed E-state index contributed by atoms with van der Waals surface area (Å²) in [5, 5.41) is 10.1. The maximum absolute atomic E-state index is 12.1. The quantitative estimate of drug-likeness (QED) is 0.837. The Bertz CT molecular complexity index is 637. The third kappa shape index (κ3) is 2.89. The standard InChI is InChI=1S/C15H17NO6/c1-9-4-5-12(17)11(6-9)16-8-22-7-10(14(18)20-2)13(16)15(19)21-3/h4-6,17H,7-8H2,1-3H3. The van der Waals surface area contributed by atoms with E-state index in [1.54, 1.807) is 12.1 Å². The number of hydrogen-bond acceptors (Lipinski definition) is 7. The van der Waals surface area contributed by atoms with Gasteiger partial charge in [-0.15, -0.1) is 0 Å². The van der Waals surface area contributed by atoms with Crippen molar-refractivity contribution in [2.24, 2.45) is 0 Å². The first kappa shape index (κ1) is 15.8. The average Bonchev–Trinajstić information content (AvgIpc) is 2.54. The van der Waals surface area contributed by atoms with E-state index in [0.29, 0.717) is 5.69 Å². The van der Waals surface area contributed by atoms with Gasteiger partial charge >= 0.3 is 11.9 Å². The summed E-state index contributed by atoms with van der Waals surface area (Å²) in [6.45, 7) is 1.78. The molecule has 7 nitrogen and oxygen atoms in total. The zero-order valence-electron chi connectivity index (χ0n) is 12.6. The van der Waals surface area contributed by atoms with Crippen molar-refractivity contribution in [1.29, 1.82) is 0 Å². The Labute approximate surface area is 127 Å². The monoisotopic (exact) mass is 307 g/mol. The van der Waals surface area contributed by atoms with Gasteiger partial charge in [0.1, 0.15) is 18.2 Å². The van der Waals surface area contributed by atoms with Crippen LogP contribution in [0.4, 0.5) is 5.69 Å². The third-order valence-corrected chi connectivity index (χ3v) is 3.25. The van der Waals surface area contributed by atoms with Gasteiger partial charge in [0, 0.05) is 0 Å². The first-order valence-electron chi connectivity index (χ1n) is 6.54. The molecular formula is C15H17NO6. The molecule has 0 unspecified atom stereocenters. The number of nitrogens with zero attached hydrogens (tertiary/aromatic N) is 1. The van der Waals surface area contributed by atoms with Crippen LogP contribution in [0.2, 0.25) is 0 Å². The molecule has 0 fully saturated rings. The maximum Gasteiger partial charge on any atom is 0.355 e. The smallest absolute Gasteiger partial charge is 0.355 e. The van der Waals surface area contributed by atoms with Gasteiger partial charge in [-0.05, 0) is 24.6 Å². The molecule has 0 bridgehead atoms. The number of hydrogen-bond donors (Lipinski definition) is 1. The van der Waals surface area contributed by atoms with Crippen LogP contribution in [0, 0.1) is 6.92 Å². The number of aryl methyl sites for hydroxylation is 1. The molecule has 0 saturated carbocycles. The fourth-order valence-corrected chi connectivity index (χ4v) is 2.18. The van der Waals surface area contributed by atoms with Gasteiger partial charge in [0.05, 0.1) is 32.1 Å². The van der Waals surface area contributed by atoms with Gasteiger partial charge in [0.2, 0.25) is 0 Å². The maximum atomic E-state index is 12.1. The predicted molar refractivity (Wildman–Crippen MR) is 77.2 cm³/mol. The lowest BCUT2D eigenvalue weighted by atomic mass is 10.1. The van der Waals surface area contributed by atoms with Crippen molar-refractivity contribution in [2.75, 3.05) is 32.5 Å². The molecule has 0 saturated heterocycles. The minimum absolute atomic E-state index is 0.00139. The van der Waals surface area contributed by atoms with Crippen molar-refractivity contribution in [3.63, 3.8) is 0 Å². The van der Waals surface area contributed by atoms with Gasteiger partial charge < -0.3 is 24.2 Å². The largest absolute Gasteiger partial charge is 0.506 e. The molecule has 7 heteroatoms. The van der Waals surface area contributed by atoms with E-state index in [1.165, 1.54) is 25.2 Å². The molecule has 2 rings (SSSR count). The number of phenolic OH excluding ortho intramolecular Hbond substituents is 1. The van der Waals surface area contributed by atoms with Crippen molar-refractivity contribution >= 4 is 17.6 Å². The Morgan fingerprint density at radius 3 is 2.55 bits per heavy atom. The van der Waals surface area contributed by atoms with E-state index < -0.39 is 11.9 Å². The average molecular weight is 307 g/mol. The molecule has 1 heterocycles. The predicted octanol–water partition coefficient (Wildman–Crippen LogP) is 1.09. The fraction of sp³-hybridized carbons (Fsp3) is 0.333. The van der Waals surface area contributed by atoms with Gasteiger partial charge in [-0.2, -0.15) is 0 Å². The van der Waals surface area contributed by atoms with Crippen molar-refractivity contribution in [3.8, 4) is 5.75 Å². The minimum Gasteiger partial charge on any atom is -0.506 e. The number of ether oxygens (including phenoxy) is 3. The number of benzene rings is 1. The molecule has 0 atom stereocenters. The molecule has 0 radical (unpaired) electrons. The van der Waals surface area contributed by atoms with Gasteiger partial charge in [-0.3, -0.25) is 0 Å². The van der Waals surface area contributed by atoms with Gasteiger partial charge in [-0.25, -0.2) is 9.59 Å². The van der Waals surface area contributed by atoms with E-state index in [0.717, 1.165) is 5.56 Å². The molecule has 1 N–H and O–H groups in total. The highest BCUT2D eigenvalue weighted by Gasteiger charge is 2.33. The summed E-state index contributed by atoms with van der Waals surface area (Å²) in [6.07, 6.45) is 0. The van der Waals surface area contributed by atoms with Gasteiger partial charge in [-0.1, -0.05) is 6.07 Å². The van der Waals surface area contributed by atoms with Gasteiger partial charge in [0.25, 0.3) is 0 Å². The summed E-state index contributed by atoms with van der Waals surface area (Å²) in [4.78, 5) is 25.4. The summed E-state index contributed by atoms with van der Waals surface area (Å²) in [7, 11) is 2.43. The molecule has 118 valence electrons. The van der Waals surface area contributed by atoms with E-state index in [-0.39, 0.29) is 30.4 Å². The SMILES string of the molecule is COC(=O)C1=C(C(=O)OC)N(c2cc(C)ccc2O)COC1. The van der Waals surface area contributed by atoms with Crippen molar-refractivity contribution in [2.45, 2.75) is 6.92 Å². The normalized spacial score (nSPS) is 14.8. The van der Waals surface area contributed by atoms with Crippen LogP contribution in [0.15, 0.2) is 29.5 Å². The summed E-state index contributed by atoms with van der Waals surface area (Å²) in [5.74, 6) is -1.43.